The molecule has 0 atom stereocenters. The van der Waals surface area contributed by atoms with Crippen LogP contribution < -0.4 is 5.73 Å². The van der Waals surface area contributed by atoms with E-state index in [0.29, 0.717) is 61.2 Å². The molecule has 1 saturated heterocycles. The Bertz CT molecular complexity index is 1250. The summed E-state index contributed by atoms with van der Waals surface area (Å²) in [7, 11) is 0. The molecular weight excluding hydrogens is 464 g/mol. The number of nitrogens with two attached hydrogens (primary N) is 1. The highest BCUT2D eigenvalue weighted by atomic mass is 16.2. The molecule has 3 aromatic rings. The van der Waals surface area contributed by atoms with E-state index in [9.17, 15) is 14.4 Å². The maximum atomic E-state index is 13.4. The van der Waals surface area contributed by atoms with Crippen LogP contribution in [0.25, 0.3) is 0 Å². The lowest BCUT2D eigenvalue weighted by Gasteiger charge is -2.34. The largest absolute Gasteiger partial charge is 0.366 e. The van der Waals surface area contributed by atoms with E-state index in [1.165, 1.54) is 5.56 Å². The first-order valence-corrected chi connectivity index (χ1v) is 12.9. The van der Waals surface area contributed by atoms with E-state index in [4.69, 9.17) is 5.73 Å². The van der Waals surface area contributed by atoms with Crippen molar-refractivity contribution in [3.63, 3.8) is 0 Å². The summed E-state index contributed by atoms with van der Waals surface area (Å²) in [5.74, 6) is -0.128. The number of hydrogen-bond donors (Lipinski definition) is 1. The first kappa shape index (κ1) is 26.4. The Morgan fingerprint density at radius 3 is 2.16 bits per heavy atom. The highest BCUT2D eigenvalue weighted by Gasteiger charge is 2.26. The molecule has 0 spiro atoms. The lowest BCUT2D eigenvalue weighted by atomic mass is 10.0. The summed E-state index contributed by atoms with van der Waals surface area (Å²) in [5, 5.41) is 0. The lowest BCUT2D eigenvalue weighted by Crippen LogP contribution is -2.50. The molecule has 1 fully saturated rings. The van der Waals surface area contributed by atoms with Crippen LogP contribution in [0.2, 0.25) is 0 Å². The Hall–Kier alpha value is -3.71. The first-order chi connectivity index (χ1) is 17.7. The molecule has 0 unspecified atom stereocenters. The molecule has 2 amide bonds. The van der Waals surface area contributed by atoms with Gasteiger partial charge in [0.2, 0.25) is 0 Å². The van der Waals surface area contributed by atoms with Gasteiger partial charge in [-0.05, 0) is 48.6 Å². The van der Waals surface area contributed by atoms with E-state index in [-0.39, 0.29) is 18.2 Å². The van der Waals surface area contributed by atoms with Gasteiger partial charge in [0.05, 0.1) is 17.8 Å². The fraction of sp³-hybridized carbons (Fsp3) is 0.367. The number of Topliss-reactive ketones (excluding diaryl/α,β-unsaturated/α-hetero) is 1. The van der Waals surface area contributed by atoms with Gasteiger partial charge in [-0.1, -0.05) is 56.3 Å². The van der Waals surface area contributed by atoms with Gasteiger partial charge in [0, 0.05) is 44.0 Å². The van der Waals surface area contributed by atoms with Gasteiger partial charge in [-0.25, -0.2) is 0 Å². The highest BCUT2D eigenvalue weighted by Crippen LogP contribution is 2.19. The van der Waals surface area contributed by atoms with Crippen molar-refractivity contribution in [3.05, 3.63) is 94.3 Å². The number of aryl methyl sites for hydroxylation is 1. The topological polar surface area (TPSA) is 88.6 Å². The van der Waals surface area contributed by atoms with Gasteiger partial charge in [0.1, 0.15) is 0 Å². The summed E-state index contributed by atoms with van der Waals surface area (Å²) >= 11 is 0. The first-order valence-electron chi connectivity index (χ1n) is 12.9. The normalized spacial score (nSPS) is 14.2. The summed E-state index contributed by atoms with van der Waals surface area (Å²) < 4.78 is 1.91. The Morgan fingerprint density at radius 1 is 0.919 bits per heavy atom. The Balaban J connectivity index is 1.39. The van der Waals surface area contributed by atoms with Crippen LogP contribution in [0.5, 0.6) is 0 Å². The van der Waals surface area contributed by atoms with Crippen molar-refractivity contribution in [2.75, 3.05) is 32.7 Å². The van der Waals surface area contributed by atoms with E-state index in [2.05, 4.69) is 30.9 Å². The smallest absolute Gasteiger partial charge is 0.253 e. The van der Waals surface area contributed by atoms with Gasteiger partial charge >= 0.3 is 0 Å². The van der Waals surface area contributed by atoms with Gasteiger partial charge in [-0.15, -0.1) is 0 Å². The van der Waals surface area contributed by atoms with Crippen LogP contribution in [-0.4, -0.2) is 64.7 Å². The molecule has 0 aliphatic carbocycles. The fourth-order valence-corrected chi connectivity index (χ4v) is 4.89. The second kappa shape index (κ2) is 11.6. The van der Waals surface area contributed by atoms with Crippen LogP contribution in [0.3, 0.4) is 0 Å². The molecule has 4 rings (SSSR count). The third-order valence-corrected chi connectivity index (χ3v) is 7.24. The minimum Gasteiger partial charge on any atom is -0.366 e. The molecule has 0 saturated carbocycles. The van der Waals surface area contributed by atoms with Crippen LogP contribution in [-0.2, 0) is 13.0 Å². The standard InChI is InChI=1S/C30H36N4O3/c1-21(2)24-9-11-25(12-10-24)30(37)33-17-15-32(16-18-33)20-28(35)27-19-26(29(31)36)22(3)34(27)14-13-23-7-5-4-6-8-23/h4-12,19,21H,13-18,20H2,1-3H3,(H2,31,36). The fourth-order valence-electron chi connectivity index (χ4n) is 4.89. The second-order valence-corrected chi connectivity index (χ2v) is 10.0. The average Bonchev–Trinajstić information content (AvgIpc) is 3.24. The van der Waals surface area contributed by atoms with Crippen molar-refractivity contribution in [2.45, 2.75) is 39.7 Å². The van der Waals surface area contributed by atoms with Crippen LogP contribution in [0, 0.1) is 6.92 Å². The number of benzene rings is 2. The maximum Gasteiger partial charge on any atom is 0.253 e. The van der Waals surface area contributed by atoms with Crippen molar-refractivity contribution in [3.8, 4) is 0 Å². The summed E-state index contributed by atoms with van der Waals surface area (Å²) in [6.45, 7) is 9.29. The third kappa shape index (κ3) is 6.17. The molecule has 1 aliphatic rings. The van der Waals surface area contributed by atoms with E-state index >= 15 is 0 Å². The molecule has 2 heterocycles. The molecule has 7 nitrogen and oxygen atoms in total. The molecule has 0 radical (unpaired) electrons. The molecule has 2 N–H and O–H groups in total. The van der Waals surface area contributed by atoms with Gasteiger partial charge in [0.25, 0.3) is 11.8 Å². The summed E-state index contributed by atoms with van der Waals surface area (Å²) in [6.07, 6.45) is 0.744. The monoisotopic (exact) mass is 500 g/mol. The Labute approximate surface area is 218 Å². The van der Waals surface area contributed by atoms with Crippen molar-refractivity contribution in [1.82, 2.24) is 14.4 Å². The number of primary amides is 1. The Kier molecular flexibility index (Phi) is 8.24. The van der Waals surface area contributed by atoms with Crippen molar-refractivity contribution in [2.24, 2.45) is 5.73 Å². The number of amides is 2. The maximum absolute atomic E-state index is 13.4. The predicted molar refractivity (Wildman–Crippen MR) is 145 cm³/mol. The molecule has 0 bridgehead atoms. The van der Waals surface area contributed by atoms with E-state index in [1.807, 2.05) is 58.9 Å². The molecule has 1 aliphatic heterocycles. The number of carbonyl (C=O) groups is 3. The van der Waals surface area contributed by atoms with Crippen molar-refractivity contribution in [1.29, 1.82) is 0 Å². The number of ketones is 1. The number of nitrogens with zero attached hydrogens (tertiary/aromatic N) is 3. The highest BCUT2D eigenvalue weighted by molar-refractivity contribution is 6.01. The second-order valence-electron chi connectivity index (χ2n) is 10.0. The number of piperazine rings is 1. The van der Waals surface area contributed by atoms with E-state index in [1.54, 1.807) is 6.07 Å². The lowest BCUT2D eigenvalue weighted by molar-refractivity contribution is 0.0623. The number of rotatable bonds is 9. The minimum atomic E-state index is -0.529. The number of carbonyl (C=O) groups excluding carboxylic acids is 3. The van der Waals surface area contributed by atoms with Gasteiger partial charge in [0.15, 0.2) is 5.78 Å². The number of hydrogen-bond acceptors (Lipinski definition) is 4. The average molecular weight is 501 g/mol. The molecule has 7 heteroatoms. The summed E-state index contributed by atoms with van der Waals surface area (Å²) in [6, 6.07) is 19.5. The van der Waals surface area contributed by atoms with Crippen LogP contribution in [0.4, 0.5) is 0 Å². The summed E-state index contributed by atoms with van der Waals surface area (Å²) in [4.78, 5) is 42.2. The molecule has 37 heavy (non-hydrogen) atoms. The molecule has 2 aromatic carbocycles. The predicted octanol–water partition coefficient (Wildman–Crippen LogP) is 3.90. The number of aromatic nitrogens is 1. The van der Waals surface area contributed by atoms with Crippen molar-refractivity contribution >= 4 is 17.6 Å². The van der Waals surface area contributed by atoms with Gasteiger partial charge in [-0.3, -0.25) is 19.3 Å². The van der Waals surface area contributed by atoms with Gasteiger partial charge in [-0.2, -0.15) is 0 Å². The zero-order valence-electron chi connectivity index (χ0n) is 21.9. The molecule has 194 valence electrons. The van der Waals surface area contributed by atoms with Crippen LogP contribution in [0.1, 0.15) is 67.8 Å². The van der Waals surface area contributed by atoms with Crippen LogP contribution in [0.15, 0.2) is 60.7 Å². The van der Waals surface area contributed by atoms with Crippen LogP contribution >= 0.6 is 0 Å². The zero-order valence-corrected chi connectivity index (χ0v) is 21.9. The van der Waals surface area contributed by atoms with Gasteiger partial charge < -0.3 is 15.2 Å². The molecule has 1 aromatic heterocycles. The quantitative estimate of drug-likeness (QED) is 0.452. The third-order valence-electron chi connectivity index (χ3n) is 7.24. The summed E-state index contributed by atoms with van der Waals surface area (Å²) in [5.41, 5.74) is 10.3. The zero-order chi connectivity index (χ0) is 26.5. The van der Waals surface area contributed by atoms with Crippen molar-refractivity contribution < 1.29 is 14.4 Å². The Morgan fingerprint density at radius 2 is 1.57 bits per heavy atom. The van der Waals surface area contributed by atoms with E-state index < -0.39 is 5.91 Å². The van der Waals surface area contributed by atoms with E-state index in [0.717, 1.165) is 12.0 Å². The minimum absolute atomic E-state index is 0.0257. The SMILES string of the molecule is Cc1c(C(N)=O)cc(C(=O)CN2CCN(C(=O)c3ccc(C(C)C)cc3)CC2)n1CCc1ccccc1. The molecular formula is C30H36N4O3.